The second kappa shape index (κ2) is 3.59. The van der Waals surface area contributed by atoms with Gasteiger partial charge in [0.25, 0.3) is 0 Å². The predicted molar refractivity (Wildman–Crippen MR) is 48.3 cm³/mol. The van der Waals surface area contributed by atoms with Crippen LogP contribution in [-0.2, 0) is 0 Å². The maximum absolute atomic E-state index is 9.48. The number of hydrogen-bond donors (Lipinski definition) is 2. The van der Waals surface area contributed by atoms with Crippen LogP contribution in [0.3, 0.4) is 0 Å². The average Bonchev–Trinajstić information content (AvgIpc) is 2.03. The van der Waals surface area contributed by atoms with Crippen LogP contribution in [0.15, 0.2) is 18.2 Å². The van der Waals surface area contributed by atoms with Crippen LogP contribution < -0.4 is 0 Å². The molecule has 0 bridgehead atoms. The minimum atomic E-state index is 0.00519. The zero-order valence-corrected chi connectivity index (χ0v) is 7.41. The van der Waals surface area contributed by atoms with Crippen LogP contribution in [0.4, 0.5) is 0 Å². The number of aliphatic hydroxyl groups is 1. The Labute approximate surface area is 72.5 Å². The highest BCUT2D eigenvalue weighted by atomic mass is 16.3. The molecule has 0 saturated carbocycles. The van der Waals surface area contributed by atoms with E-state index in [0.717, 1.165) is 11.1 Å². The summed E-state index contributed by atoms with van der Waals surface area (Å²) in [5.74, 6) is 0.280. The van der Waals surface area contributed by atoms with E-state index in [2.05, 4.69) is 0 Å². The molecule has 2 nitrogen and oxygen atoms in total. The molecule has 0 spiro atoms. The number of phenols is 1. The maximum Gasteiger partial charge on any atom is 0.119 e. The van der Waals surface area contributed by atoms with Crippen molar-refractivity contribution < 1.29 is 10.2 Å². The Kier molecular flexibility index (Phi) is 2.71. The normalized spacial score (nSPS) is 12.9. The van der Waals surface area contributed by atoms with Gasteiger partial charge < -0.3 is 10.2 Å². The summed E-state index contributed by atoms with van der Waals surface area (Å²) in [5, 5.41) is 18.4. The van der Waals surface area contributed by atoms with E-state index in [1.54, 1.807) is 6.07 Å². The Hall–Kier alpha value is -1.02. The fourth-order valence-corrected chi connectivity index (χ4v) is 1.17. The van der Waals surface area contributed by atoms with Crippen molar-refractivity contribution in [1.29, 1.82) is 0 Å². The molecule has 66 valence electrons. The molecule has 0 aliphatic carbocycles. The Morgan fingerprint density at radius 3 is 2.58 bits per heavy atom. The Morgan fingerprint density at radius 1 is 1.42 bits per heavy atom. The largest absolute Gasteiger partial charge is 0.508 e. The summed E-state index contributed by atoms with van der Waals surface area (Å²) in [6, 6.07) is 5.49. The molecular formula is C10H14O2. The topological polar surface area (TPSA) is 40.5 Å². The Bertz CT molecular complexity index is 269. The first-order valence-corrected chi connectivity index (χ1v) is 4.05. The third-order valence-corrected chi connectivity index (χ3v) is 1.99. The SMILES string of the molecule is Cc1ccc([C@@H](C)CO)c(O)c1. The molecule has 0 saturated heterocycles. The summed E-state index contributed by atoms with van der Waals surface area (Å²) in [6.45, 7) is 3.87. The molecule has 0 amide bonds. The molecule has 0 aliphatic rings. The number of hydrogen-bond acceptors (Lipinski definition) is 2. The first-order valence-electron chi connectivity index (χ1n) is 4.05. The number of rotatable bonds is 2. The smallest absolute Gasteiger partial charge is 0.119 e. The highest BCUT2D eigenvalue weighted by Gasteiger charge is 2.08. The molecule has 1 aromatic carbocycles. The number of benzene rings is 1. The minimum absolute atomic E-state index is 0.00519. The maximum atomic E-state index is 9.48. The summed E-state index contributed by atoms with van der Waals surface area (Å²) >= 11 is 0. The second-order valence-corrected chi connectivity index (χ2v) is 3.15. The van der Waals surface area contributed by atoms with Gasteiger partial charge in [0.05, 0.1) is 0 Å². The van der Waals surface area contributed by atoms with Crippen LogP contribution in [0.1, 0.15) is 24.0 Å². The first-order chi connectivity index (χ1) is 5.65. The van der Waals surface area contributed by atoms with E-state index in [0.29, 0.717) is 0 Å². The van der Waals surface area contributed by atoms with Crippen LogP contribution >= 0.6 is 0 Å². The molecule has 1 atom stereocenters. The van der Waals surface area contributed by atoms with E-state index in [9.17, 15) is 5.11 Å². The van der Waals surface area contributed by atoms with Gasteiger partial charge >= 0.3 is 0 Å². The van der Waals surface area contributed by atoms with Crippen LogP contribution in [0, 0.1) is 6.92 Å². The van der Waals surface area contributed by atoms with E-state index in [1.165, 1.54) is 0 Å². The van der Waals surface area contributed by atoms with Gasteiger partial charge in [-0.2, -0.15) is 0 Å². The van der Waals surface area contributed by atoms with Gasteiger partial charge in [-0.3, -0.25) is 0 Å². The van der Waals surface area contributed by atoms with Crippen molar-refractivity contribution in [3.8, 4) is 5.75 Å². The average molecular weight is 166 g/mol. The zero-order valence-electron chi connectivity index (χ0n) is 7.41. The number of aliphatic hydroxyl groups excluding tert-OH is 1. The lowest BCUT2D eigenvalue weighted by Gasteiger charge is -2.10. The fourth-order valence-electron chi connectivity index (χ4n) is 1.17. The van der Waals surface area contributed by atoms with Gasteiger partial charge in [-0.25, -0.2) is 0 Å². The van der Waals surface area contributed by atoms with Crippen LogP contribution in [0.5, 0.6) is 5.75 Å². The third-order valence-electron chi connectivity index (χ3n) is 1.99. The van der Waals surface area contributed by atoms with Crippen LogP contribution in [0.25, 0.3) is 0 Å². The first kappa shape index (κ1) is 9.07. The summed E-state index contributed by atoms with van der Waals surface area (Å²) in [4.78, 5) is 0. The van der Waals surface area contributed by atoms with Crippen molar-refractivity contribution in [2.45, 2.75) is 19.8 Å². The van der Waals surface area contributed by atoms with Gasteiger partial charge in [0.1, 0.15) is 5.75 Å². The summed E-state index contributed by atoms with van der Waals surface area (Å²) in [7, 11) is 0. The second-order valence-electron chi connectivity index (χ2n) is 3.15. The highest BCUT2D eigenvalue weighted by molar-refractivity contribution is 5.38. The Balaban J connectivity index is 3.01. The van der Waals surface area contributed by atoms with Gasteiger partial charge in [-0.15, -0.1) is 0 Å². The van der Waals surface area contributed by atoms with Crippen molar-refractivity contribution in [2.24, 2.45) is 0 Å². The quantitative estimate of drug-likeness (QED) is 0.703. The lowest BCUT2D eigenvalue weighted by atomic mass is 10.00. The molecule has 0 radical (unpaired) electrons. The number of aromatic hydroxyl groups is 1. The van der Waals surface area contributed by atoms with Crippen molar-refractivity contribution in [3.63, 3.8) is 0 Å². The van der Waals surface area contributed by atoms with E-state index < -0.39 is 0 Å². The van der Waals surface area contributed by atoms with E-state index in [4.69, 9.17) is 5.11 Å². The molecule has 1 aromatic rings. The molecule has 0 heterocycles. The van der Waals surface area contributed by atoms with Crippen molar-refractivity contribution in [2.75, 3.05) is 6.61 Å². The van der Waals surface area contributed by atoms with Crippen LogP contribution in [-0.4, -0.2) is 16.8 Å². The van der Waals surface area contributed by atoms with E-state index in [1.807, 2.05) is 26.0 Å². The van der Waals surface area contributed by atoms with E-state index >= 15 is 0 Å². The molecule has 0 fully saturated rings. The monoisotopic (exact) mass is 166 g/mol. The van der Waals surface area contributed by atoms with Crippen LogP contribution in [0.2, 0.25) is 0 Å². The van der Waals surface area contributed by atoms with E-state index in [-0.39, 0.29) is 18.3 Å². The van der Waals surface area contributed by atoms with Gasteiger partial charge in [0.15, 0.2) is 0 Å². The number of phenolic OH excluding ortho intramolecular Hbond substituents is 1. The van der Waals surface area contributed by atoms with Gasteiger partial charge in [-0.1, -0.05) is 19.1 Å². The highest BCUT2D eigenvalue weighted by Crippen LogP contribution is 2.25. The molecule has 2 heteroatoms. The lowest BCUT2D eigenvalue weighted by molar-refractivity contribution is 0.270. The molecule has 0 aliphatic heterocycles. The summed E-state index contributed by atoms with van der Waals surface area (Å²) in [6.07, 6.45) is 0. The zero-order chi connectivity index (χ0) is 9.14. The third kappa shape index (κ3) is 1.77. The standard InChI is InChI=1S/C10H14O2/c1-7-3-4-9(8(2)6-11)10(12)5-7/h3-5,8,11-12H,6H2,1-2H3/t8-/m0/s1. The van der Waals surface area contributed by atoms with Crippen molar-refractivity contribution in [1.82, 2.24) is 0 Å². The van der Waals surface area contributed by atoms with Crippen molar-refractivity contribution in [3.05, 3.63) is 29.3 Å². The molecule has 0 unspecified atom stereocenters. The van der Waals surface area contributed by atoms with Gasteiger partial charge in [-0.05, 0) is 24.1 Å². The molecular weight excluding hydrogens is 152 g/mol. The minimum Gasteiger partial charge on any atom is -0.508 e. The molecule has 12 heavy (non-hydrogen) atoms. The van der Waals surface area contributed by atoms with Crippen molar-refractivity contribution >= 4 is 0 Å². The van der Waals surface area contributed by atoms with Gasteiger partial charge in [0, 0.05) is 12.5 Å². The lowest BCUT2D eigenvalue weighted by Crippen LogP contribution is -1.98. The summed E-state index contributed by atoms with van der Waals surface area (Å²) < 4.78 is 0. The molecule has 2 N–H and O–H groups in total. The Morgan fingerprint density at radius 2 is 2.08 bits per heavy atom. The van der Waals surface area contributed by atoms with Gasteiger partial charge in [0.2, 0.25) is 0 Å². The molecule has 0 aromatic heterocycles. The summed E-state index contributed by atoms with van der Waals surface area (Å²) in [5.41, 5.74) is 1.84. The predicted octanol–water partition coefficient (Wildman–Crippen LogP) is 1.80. The fraction of sp³-hybridized carbons (Fsp3) is 0.400. The number of aryl methyl sites for hydroxylation is 1. The molecule has 1 rings (SSSR count).